The topological polar surface area (TPSA) is 86.6 Å². The molecule has 8 nitrogen and oxygen atoms in total. The molecule has 1 saturated carbocycles. The zero-order chi connectivity index (χ0) is 28.6. The van der Waals surface area contributed by atoms with Crippen molar-refractivity contribution in [3.05, 3.63) is 41.3 Å². The molecule has 1 saturated heterocycles. The molecule has 1 aromatic heterocycles. The Kier molecular flexibility index (Phi) is 10.6. The molecular weight excluding hydrogens is 528 g/mol. The third-order valence-electron chi connectivity index (χ3n) is 8.23. The van der Waals surface area contributed by atoms with E-state index >= 15 is 0 Å². The lowest BCUT2D eigenvalue weighted by molar-refractivity contribution is -0.884. The molecule has 2 heterocycles. The maximum atomic E-state index is 14.2. The van der Waals surface area contributed by atoms with Crippen LogP contribution in [0.4, 0.5) is 10.5 Å². The number of likely N-dealkylation sites (tertiary alicyclic amines) is 1. The van der Waals surface area contributed by atoms with Gasteiger partial charge in [0.25, 0.3) is 0 Å². The molecule has 1 atom stereocenters. The van der Waals surface area contributed by atoms with Crippen LogP contribution in [0, 0.1) is 11.8 Å². The Hall–Kier alpha value is -2.91. The van der Waals surface area contributed by atoms with E-state index in [4.69, 9.17) is 14.2 Å². The minimum absolute atomic E-state index is 0.0158. The van der Waals surface area contributed by atoms with Crippen LogP contribution in [0.25, 0.3) is 10.4 Å². The summed E-state index contributed by atoms with van der Waals surface area (Å²) in [5.74, 6) is 0.0713. The summed E-state index contributed by atoms with van der Waals surface area (Å²) >= 11 is 1.31. The second kappa shape index (κ2) is 14.1. The monoisotopic (exact) mass is 571 g/mol. The summed E-state index contributed by atoms with van der Waals surface area (Å²) in [5, 5.41) is 0. The first-order valence-electron chi connectivity index (χ1n) is 14.6. The van der Waals surface area contributed by atoms with Crippen molar-refractivity contribution in [1.82, 2.24) is 0 Å². The predicted molar refractivity (Wildman–Crippen MR) is 156 cm³/mol. The molecule has 1 aromatic carbocycles. The number of hydrogen-bond donors (Lipinski definition) is 1. The highest BCUT2D eigenvalue weighted by Gasteiger charge is 2.38. The van der Waals surface area contributed by atoms with E-state index in [-0.39, 0.29) is 24.0 Å². The summed E-state index contributed by atoms with van der Waals surface area (Å²) in [6.07, 6.45) is 5.05. The first-order valence-corrected chi connectivity index (χ1v) is 15.4. The van der Waals surface area contributed by atoms with Crippen molar-refractivity contribution < 1.29 is 33.5 Å². The molecule has 1 amide bonds. The van der Waals surface area contributed by atoms with Crippen molar-refractivity contribution in [2.75, 3.05) is 31.8 Å². The number of thiophene rings is 1. The Morgan fingerprint density at radius 2 is 1.70 bits per heavy atom. The molecular formula is C31H43N2O6S+. The number of rotatable bonds is 9. The molecule has 1 aliphatic heterocycles. The quantitative estimate of drug-likeness (QED) is 0.324. The fourth-order valence-corrected chi connectivity index (χ4v) is 6.53. The van der Waals surface area contributed by atoms with E-state index < -0.39 is 18.9 Å². The molecule has 0 spiro atoms. The molecule has 218 valence electrons. The first kappa shape index (κ1) is 30.1. The highest BCUT2D eigenvalue weighted by Crippen LogP contribution is 2.41. The van der Waals surface area contributed by atoms with Crippen LogP contribution in [-0.2, 0) is 19.0 Å². The Morgan fingerprint density at radius 3 is 2.35 bits per heavy atom. The number of quaternary nitrogens is 1. The standard InChI is InChI=1S/C31H42N2O6S/c1-5-22(3)39-31(36)38-20-37-30(35)28-26(19-27(40-28)23-9-7-6-8-10-23)33(25-15-17-32(4)18-16-25)29(34)24-13-11-21(2)12-14-24/h6-10,19,21-22,24-25H,5,11-18,20H2,1-4H3/p+1/t21?,22-,24?/m1/s1. The lowest BCUT2D eigenvalue weighted by atomic mass is 9.82. The van der Waals surface area contributed by atoms with Gasteiger partial charge in [0.05, 0.1) is 25.8 Å². The number of benzene rings is 1. The Morgan fingerprint density at radius 1 is 1.02 bits per heavy atom. The van der Waals surface area contributed by atoms with Crippen LogP contribution in [0.5, 0.6) is 0 Å². The lowest BCUT2D eigenvalue weighted by Crippen LogP contribution is -3.10. The number of amides is 1. The molecule has 0 bridgehead atoms. The van der Waals surface area contributed by atoms with Crippen LogP contribution >= 0.6 is 11.3 Å². The van der Waals surface area contributed by atoms with E-state index in [0.29, 0.717) is 22.9 Å². The molecule has 1 N–H and O–H groups in total. The molecule has 0 radical (unpaired) electrons. The van der Waals surface area contributed by atoms with Crippen molar-refractivity contribution in [2.24, 2.45) is 11.8 Å². The molecule has 40 heavy (non-hydrogen) atoms. The summed E-state index contributed by atoms with van der Waals surface area (Å²) in [6.45, 7) is 7.29. The maximum absolute atomic E-state index is 14.2. The number of ether oxygens (including phenoxy) is 3. The molecule has 4 rings (SSSR count). The number of nitrogens with zero attached hydrogens (tertiary/aromatic N) is 1. The zero-order valence-electron chi connectivity index (χ0n) is 24.1. The van der Waals surface area contributed by atoms with Gasteiger partial charge in [-0.3, -0.25) is 4.79 Å². The van der Waals surface area contributed by atoms with E-state index in [9.17, 15) is 14.4 Å². The Labute approximate surface area is 241 Å². The fraction of sp³-hybridized carbons (Fsp3) is 0.581. The Balaban J connectivity index is 1.64. The second-order valence-corrected chi connectivity index (χ2v) is 12.4. The van der Waals surface area contributed by atoms with Gasteiger partial charge in [0.2, 0.25) is 12.7 Å². The van der Waals surface area contributed by atoms with Crippen molar-refractivity contribution in [3.63, 3.8) is 0 Å². The van der Waals surface area contributed by atoms with Crippen LogP contribution < -0.4 is 9.80 Å². The van der Waals surface area contributed by atoms with E-state index in [1.165, 1.54) is 16.2 Å². The second-order valence-electron chi connectivity index (χ2n) is 11.3. The number of nitrogens with one attached hydrogen (secondary N) is 1. The molecule has 1 aliphatic carbocycles. The van der Waals surface area contributed by atoms with Crippen molar-refractivity contribution in [3.8, 4) is 10.4 Å². The van der Waals surface area contributed by atoms with Gasteiger partial charge in [-0.1, -0.05) is 44.2 Å². The van der Waals surface area contributed by atoms with E-state index in [0.717, 1.165) is 62.1 Å². The molecule has 2 fully saturated rings. The first-order chi connectivity index (χ1) is 19.3. The van der Waals surface area contributed by atoms with Gasteiger partial charge in [-0.15, -0.1) is 11.3 Å². The van der Waals surface area contributed by atoms with Crippen LogP contribution in [0.15, 0.2) is 36.4 Å². The zero-order valence-corrected chi connectivity index (χ0v) is 25.0. The number of carbonyl (C=O) groups excluding carboxylic acids is 3. The minimum Gasteiger partial charge on any atom is -0.431 e. The summed E-state index contributed by atoms with van der Waals surface area (Å²) in [4.78, 5) is 44.2. The third kappa shape index (κ3) is 7.63. The number of hydrogen-bond acceptors (Lipinski definition) is 7. The maximum Gasteiger partial charge on any atom is 0.511 e. The van der Waals surface area contributed by atoms with Crippen LogP contribution in [0.3, 0.4) is 0 Å². The summed E-state index contributed by atoms with van der Waals surface area (Å²) in [7, 11) is 2.18. The number of carbonyl (C=O) groups is 3. The number of piperidine rings is 1. The van der Waals surface area contributed by atoms with Gasteiger partial charge in [-0.2, -0.15) is 0 Å². The van der Waals surface area contributed by atoms with Gasteiger partial charge in [0.15, 0.2) is 0 Å². The van der Waals surface area contributed by atoms with E-state index in [1.54, 1.807) is 6.92 Å². The average Bonchev–Trinajstić information content (AvgIpc) is 3.40. The Bertz CT molecular complexity index is 1140. The average molecular weight is 572 g/mol. The van der Waals surface area contributed by atoms with Crippen molar-refractivity contribution in [2.45, 2.75) is 77.9 Å². The number of esters is 1. The normalized spacial score (nSPS) is 23.6. The smallest absolute Gasteiger partial charge is 0.431 e. The van der Waals surface area contributed by atoms with Crippen LogP contribution in [0.2, 0.25) is 0 Å². The van der Waals surface area contributed by atoms with E-state index in [2.05, 4.69) is 14.0 Å². The minimum atomic E-state index is -0.879. The summed E-state index contributed by atoms with van der Waals surface area (Å²) < 4.78 is 15.5. The predicted octanol–water partition coefficient (Wildman–Crippen LogP) is 5.32. The number of anilines is 1. The van der Waals surface area contributed by atoms with Gasteiger partial charge < -0.3 is 24.0 Å². The summed E-state index contributed by atoms with van der Waals surface area (Å²) in [5.41, 5.74) is 1.57. The van der Waals surface area contributed by atoms with Crippen LogP contribution in [0.1, 0.15) is 75.4 Å². The molecule has 2 aromatic rings. The molecule has 9 heteroatoms. The largest absolute Gasteiger partial charge is 0.511 e. The van der Waals surface area contributed by atoms with E-state index in [1.807, 2.05) is 48.2 Å². The van der Waals surface area contributed by atoms with Gasteiger partial charge in [-0.25, -0.2) is 9.59 Å². The summed E-state index contributed by atoms with van der Waals surface area (Å²) in [6, 6.07) is 11.8. The van der Waals surface area contributed by atoms with Crippen LogP contribution in [-0.4, -0.2) is 57.1 Å². The van der Waals surface area contributed by atoms with Crippen molar-refractivity contribution in [1.29, 1.82) is 0 Å². The van der Waals surface area contributed by atoms with Gasteiger partial charge in [0, 0.05) is 29.7 Å². The fourth-order valence-electron chi connectivity index (χ4n) is 5.48. The van der Waals surface area contributed by atoms with Crippen molar-refractivity contribution >= 4 is 35.1 Å². The van der Waals surface area contributed by atoms with Gasteiger partial charge in [0.1, 0.15) is 11.0 Å². The molecule has 0 unspecified atom stereocenters. The molecule has 2 aliphatic rings. The van der Waals surface area contributed by atoms with Gasteiger partial charge in [-0.05, 0) is 56.6 Å². The van der Waals surface area contributed by atoms with Gasteiger partial charge >= 0.3 is 12.1 Å². The highest BCUT2D eigenvalue weighted by atomic mass is 32.1. The third-order valence-corrected chi connectivity index (χ3v) is 9.38. The highest BCUT2D eigenvalue weighted by molar-refractivity contribution is 7.18. The lowest BCUT2D eigenvalue weighted by Gasteiger charge is -2.38. The SMILES string of the molecule is CC[C@@H](C)OC(=O)OCOC(=O)c1sc(-c2ccccc2)cc1N(C(=O)C1CCC(C)CC1)C1CC[NH+](C)CC1.